The summed E-state index contributed by atoms with van der Waals surface area (Å²) in [5.74, 6) is -1.26. The highest BCUT2D eigenvalue weighted by Crippen LogP contribution is 2.08. The first-order chi connectivity index (χ1) is 6.89. The van der Waals surface area contributed by atoms with Crippen LogP contribution < -0.4 is 0 Å². The molecule has 1 N–H and O–H groups in total. The largest absolute Gasteiger partial charge is 0.481 e. The Hall–Kier alpha value is -1.37. The third-order valence-corrected chi connectivity index (χ3v) is 3.23. The molecule has 15 heavy (non-hydrogen) atoms. The Labute approximate surface area is 86.8 Å². The molecule has 0 aliphatic carbocycles. The number of aromatic nitrogens is 1. The van der Waals surface area contributed by atoms with Gasteiger partial charge >= 0.3 is 5.97 Å². The molecule has 0 radical (unpaired) electrons. The molecule has 84 valence electrons. The van der Waals surface area contributed by atoms with E-state index in [4.69, 9.17) is 9.63 Å². The van der Waals surface area contributed by atoms with Crippen LogP contribution in [0.2, 0.25) is 0 Å². The van der Waals surface area contributed by atoms with Gasteiger partial charge in [-0.25, -0.2) is 8.42 Å². The molecule has 1 aromatic rings. The van der Waals surface area contributed by atoms with Crippen LogP contribution in [0.1, 0.15) is 17.9 Å². The van der Waals surface area contributed by atoms with Crippen LogP contribution in [0.4, 0.5) is 0 Å². The summed E-state index contributed by atoms with van der Waals surface area (Å²) in [4.78, 5) is 10.2. The smallest absolute Gasteiger partial charge is 0.304 e. The number of aliphatic carboxylic acids is 1. The second-order valence-corrected chi connectivity index (χ2v) is 5.35. The van der Waals surface area contributed by atoms with Gasteiger partial charge in [-0.05, 0) is 6.92 Å². The van der Waals surface area contributed by atoms with Crippen LogP contribution in [0.25, 0.3) is 0 Å². The lowest BCUT2D eigenvalue weighted by atomic mass is 10.4. The molecule has 1 heterocycles. The summed E-state index contributed by atoms with van der Waals surface area (Å²) in [5, 5.41) is 11.9. The maximum atomic E-state index is 11.4. The summed E-state index contributed by atoms with van der Waals surface area (Å²) in [5.41, 5.74) is 0.304. The Bertz CT molecular complexity index is 447. The maximum absolute atomic E-state index is 11.4. The topological polar surface area (TPSA) is 97.5 Å². The van der Waals surface area contributed by atoms with E-state index in [-0.39, 0.29) is 17.9 Å². The van der Waals surface area contributed by atoms with Crippen LogP contribution in [0.5, 0.6) is 0 Å². The van der Waals surface area contributed by atoms with Gasteiger partial charge in [-0.15, -0.1) is 0 Å². The summed E-state index contributed by atoms with van der Waals surface area (Å²) in [6, 6.07) is 1.51. The van der Waals surface area contributed by atoms with E-state index in [1.54, 1.807) is 6.92 Å². The van der Waals surface area contributed by atoms with Crippen molar-refractivity contribution < 1.29 is 22.8 Å². The lowest BCUT2D eigenvalue weighted by molar-refractivity contribution is -0.136. The number of hydrogen-bond acceptors (Lipinski definition) is 5. The molecule has 1 aromatic heterocycles. The highest BCUT2D eigenvalue weighted by atomic mass is 32.2. The number of nitrogens with zero attached hydrogens (tertiary/aromatic N) is 1. The van der Waals surface area contributed by atoms with Crippen molar-refractivity contribution in [2.75, 3.05) is 5.75 Å². The van der Waals surface area contributed by atoms with Crippen molar-refractivity contribution in [2.45, 2.75) is 19.1 Å². The minimum absolute atomic E-state index is 0.280. The second-order valence-electron chi connectivity index (χ2n) is 3.16. The summed E-state index contributed by atoms with van der Waals surface area (Å²) in [6.45, 7) is 1.65. The van der Waals surface area contributed by atoms with Gasteiger partial charge in [0.15, 0.2) is 9.84 Å². The lowest BCUT2D eigenvalue weighted by Gasteiger charge is -1.98. The zero-order valence-corrected chi connectivity index (χ0v) is 8.95. The van der Waals surface area contributed by atoms with Crippen LogP contribution in [-0.4, -0.2) is 30.4 Å². The molecule has 0 saturated heterocycles. The van der Waals surface area contributed by atoms with Crippen LogP contribution in [0, 0.1) is 6.92 Å². The van der Waals surface area contributed by atoms with E-state index in [2.05, 4.69) is 5.16 Å². The third-order valence-electron chi connectivity index (χ3n) is 1.67. The monoisotopic (exact) mass is 233 g/mol. The van der Waals surface area contributed by atoms with Crippen molar-refractivity contribution in [3.8, 4) is 0 Å². The highest BCUT2D eigenvalue weighted by molar-refractivity contribution is 7.90. The number of carboxylic acids is 1. The molecule has 1 rings (SSSR count). The Kier molecular flexibility index (Phi) is 3.46. The number of carboxylic acid groups (broad SMARTS) is 1. The first kappa shape index (κ1) is 11.7. The molecule has 7 heteroatoms. The Balaban J connectivity index is 2.60. The van der Waals surface area contributed by atoms with E-state index in [1.807, 2.05) is 0 Å². The molecule has 6 nitrogen and oxygen atoms in total. The normalized spacial score (nSPS) is 11.5. The minimum atomic E-state index is -3.42. The first-order valence-corrected chi connectivity index (χ1v) is 6.05. The molecule has 0 aliphatic heterocycles. The molecular formula is C8H11NO5S. The molecule has 0 aromatic carbocycles. The van der Waals surface area contributed by atoms with Crippen LogP contribution in [0.3, 0.4) is 0 Å². The lowest BCUT2D eigenvalue weighted by Crippen LogP contribution is -2.13. The third kappa shape index (κ3) is 4.11. The molecule has 0 fully saturated rings. The Morgan fingerprint density at radius 1 is 1.60 bits per heavy atom. The van der Waals surface area contributed by atoms with Gasteiger partial charge in [0.1, 0.15) is 5.76 Å². The van der Waals surface area contributed by atoms with Gasteiger partial charge in [-0.1, -0.05) is 5.16 Å². The number of aryl methyl sites for hydroxylation is 1. The average Bonchev–Trinajstić information content (AvgIpc) is 2.47. The fraction of sp³-hybridized carbons (Fsp3) is 0.500. The quantitative estimate of drug-likeness (QED) is 0.789. The molecule has 0 spiro atoms. The van der Waals surface area contributed by atoms with Crippen molar-refractivity contribution in [3.05, 3.63) is 17.5 Å². The Morgan fingerprint density at radius 2 is 2.27 bits per heavy atom. The van der Waals surface area contributed by atoms with Gasteiger partial charge in [0.05, 0.1) is 23.6 Å². The summed E-state index contributed by atoms with van der Waals surface area (Å²) >= 11 is 0. The Morgan fingerprint density at radius 3 is 2.73 bits per heavy atom. The molecule has 0 atom stereocenters. The van der Waals surface area contributed by atoms with Crippen molar-refractivity contribution in [1.29, 1.82) is 0 Å². The van der Waals surface area contributed by atoms with Crippen molar-refractivity contribution in [3.63, 3.8) is 0 Å². The summed E-state index contributed by atoms with van der Waals surface area (Å²) in [6.07, 6.45) is -0.390. The minimum Gasteiger partial charge on any atom is -0.481 e. The van der Waals surface area contributed by atoms with Crippen LogP contribution in [0.15, 0.2) is 10.6 Å². The second kappa shape index (κ2) is 4.43. The summed E-state index contributed by atoms with van der Waals surface area (Å²) < 4.78 is 27.4. The number of carbonyl (C=O) groups is 1. The fourth-order valence-electron chi connectivity index (χ4n) is 1.03. The zero-order chi connectivity index (χ0) is 11.5. The van der Waals surface area contributed by atoms with E-state index in [0.29, 0.717) is 11.5 Å². The van der Waals surface area contributed by atoms with Crippen molar-refractivity contribution in [2.24, 2.45) is 0 Å². The number of rotatable bonds is 5. The molecule has 0 saturated carbocycles. The first-order valence-electron chi connectivity index (χ1n) is 4.23. The predicted octanol–water partition coefficient (Wildman–Crippen LogP) is 0.373. The fourth-order valence-corrected chi connectivity index (χ4v) is 2.24. The maximum Gasteiger partial charge on any atom is 0.304 e. The molecule has 0 bridgehead atoms. The van der Waals surface area contributed by atoms with E-state index in [9.17, 15) is 13.2 Å². The highest BCUT2D eigenvalue weighted by Gasteiger charge is 2.16. The van der Waals surface area contributed by atoms with Crippen molar-refractivity contribution in [1.82, 2.24) is 5.16 Å². The number of sulfone groups is 1. The summed E-state index contributed by atoms with van der Waals surface area (Å²) in [7, 11) is -3.42. The van der Waals surface area contributed by atoms with Gasteiger partial charge in [0.25, 0.3) is 0 Å². The van der Waals surface area contributed by atoms with Gasteiger partial charge < -0.3 is 9.63 Å². The number of hydrogen-bond donors (Lipinski definition) is 1. The van der Waals surface area contributed by atoms with E-state index in [0.717, 1.165) is 0 Å². The molecule has 0 unspecified atom stereocenters. The van der Waals surface area contributed by atoms with Gasteiger partial charge in [-0.3, -0.25) is 4.79 Å². The molecule has 0 amide bonds. The van der Waals surface area contributed by atoms with E-state index < -0.39 is 15.8 Å². The standard InChI is InChI=1S/C8H11NO5S/c1-6-4-7(9-14-6)5-15(12,13)3-2-8(10)11/h4H,2-3,5H2,1H3,(H,10,11). The van der Waals surface area contributed by atoms with E-state index in [1.165, 1.54) is 6.07 Å². The average molecular weight is 233 g/mol. The van der Waals surface area contributed by atoms with Gasteiger partial charge in [-0.2, -0.15) is 0 Å². The van der Waals surface area contributed by atoms with Crippen molar-refractivity contribution >= 4 is 15.8 Å². The van der Waals surface area contributed by atoms with E-state index >= 15 is 0 Å². The molecular weight excluding hydrogens is 222 g/mol. The zero-order valence-electron chi connectivity index (χ0n) is 8.13. The SMILES string of the molecule is Cc1cc(CS(=O)(=O)CCC(=O)O)no1. The molecule has 0 aliphatic rings. The predicted molar refractivity (Wildman–Crippen MR) is 51.0 cm³/mol. The van der Waals surface area contributed by atoms with Gasteiger partial charge in [0, 0.05) is 6.07 Å². The van der Waals surface area contributed by atoms with Gasteiger partial charge in [0.2, 0.25) is 0 Å². The van der Waals surface area contributed by atoms with Crippen LogP contribution in [-0.2, 0) is 20.4 Å². The van der Waals surface area contributed by atoms with Crippen LogP contribution >= 0.6 is 0 Å².